The Hall–Kier alpha value is -3.10. The van der Waals surface area contributed by atoms with Gasteiger partial charge < -0.3 is 19.9 Å². The maximum Gasteiger partial charge on any atom is 0.151 e. The number of nitrogens with zero attached hydrogens (tertiary/aromatic N) is 3. The highest BCUT2D eigenvalue weighted by atomic mass is 19.1. The minimum Gasteiger partial charge on any atom is -0.497 e. The Labute approximate surface area is 191 Å². The summed E-state index contributed by atoms with van der Waals surface area (Å²) in [6.45, 7) is 3.26. The molecule has 4 aromatic rings. The third kappa shape index (κ3) is 4.67. The number of hydrogen-bond acceptors (Lipinski definition) is 5. The molecule has 1 saturated heterocycles. The van der Waals surface area contributed by atoms with Crippen molar-refractivity contribution in [2.45, 2.75) is 31.8 Å². The largest absolute Gasteiger partial charge is 0.497 e. The number of ether oxygens (including phenoxy) is 1. The summed E-state index contributed by atoms with van der Waals surface area (Å²) in [5.74, 6) is 0.873. The maximum atomic E-state index is 14.6. The van der Waals surface area contributed by atoms with Gasteiger partial charge in [0.25, 0.3) is 0 Å². The monoisotopic (exact) mass is 451 g/mol. The zero-order valence-corrected chi connectivity index (χ0v) is 18.6. The van der Waals surface area contributed by atoms with Crippen LogP contribution < -0.4 is 10.1 Å². The van der Waals surface area contributed by atoms with Gasteiger partial charge >= 0.3 is 0 Å². The van der Waals surface area contributed by atoms with Gasteiger partial charge in [-0.3, -0.25) is 4.98 Å². The molecule has 8 heteroatoms. The first-order valence-electron chi connectivity index (χ1n) is 11.3. The van der Waals surface area contributed by atoms with E-state index in [2.05, 4.69) is 25.2 Å². The average Bonchev–Trinajstić information content (AvgIpc) is 3.27. The summed E-state index contributed by atoms with van der Waals surface area (Å²) >= 11 is 0. The zero-order chi connectivity index (χ0) is 22.8. The lowest BCUT2D eigenvalue weighted by atomic mass is 10.0. The summed E-state index contributed by atoms with van der Waals surface area (Å²) in [7, 11) is 1.61. The lowest BCUT2D eigenvalue weighted by molar-refractivity contribution is 0.198. The van der Waals surface area contributed by atoms with E-state index in [0.29, 0.717) is 35.8 Å². The summed E-state index contributed by atoms with van der Waals surface area (Å²) in [4.78, 5) is 14.1. The van der Waals surface area contributed by atoms with Gasteiger partial charge in [0.2, 0.25) is 0 Å². The molecule has 0 bridgehead atoms. The van der Waals surface area contributed by atoms with E-state index in [-0.39, 0.29) is 11.6 Å². The second kappa shape index (κ2) is 9.41. The maximum absolute atomic E-state index is 14.6. The number of rotatable bonds is 7. The number of pyridine rings is 1. The van der Waals surface area contributed by atoms with Gasteiger partial charge in [0.05, 0.1) is 30.9 Å². The van der Waals surface area contributed by atoms with Gasteiger partial charge in [0, 0.05) is 23.5 Å². The number of imidazole rings is 1. The van der Waals surface area contributed by atoms with Crippen molar-refractivity contribution in [3.05, 3.63) is 65.6 Å². The number of likely N-dealkylation sites (tertiary alicyclic amines) is 1. The summed E-state index contributed by atoms with van der Waals surface area (Å²) < 4.78 is 33.7. The van der Waals surface area contributed by atoms with E-state index in [1.807, 2.05) is 24.3 Å². The van der Waals surface area contributed by atoms with Crippen molar-refractivity contribution in [2.24, 2.45) is 0 Å². The Morgan fingerprint density at radius 1 is 1.15 bits per heavy atom. The second-order valence-corrected chi connectivity index (χ2v) is 8.53. The van der Waals surface area contributed by atoms with Crippen LogP contribution in [-0.4, -0.2) is 52.6 Å². The standard InChI is InChI=1S/C25H27F2N5O/c1-33-17-5-6-22-19(13-17)18(21(27)14-29-22)9-12-32-10-7-16(8-11-32)28-15-24-30-23-4-2-3-20(26)25(23)31-24/h2-6,13-14,16,28H,7-12,15H2,1H3,(H,30,31). The fourth-order valence-corrected chi connectivity index (χ4v) is 4.59. The predicted molar refractivity (Wildman–Crippen MR) is 124 cm³/mol. The first-order chi connectivity index (χ1) is 16.1. The van der Waals surface area contributed by atoms with Gasteiger partial charge in [-0.25, -0.2) is 13.8 Å². The van der Waals surface area contributed by atoms with Crippen molar-refractivity contribution in [3.63, 3.8) is 0 Å². The van der Waals surface area contributed by atoms with Crippen LogP contribution in [0.5, 0.6) is 5.75 Å². The first-order valence-corrected chi connectivity index (χ1v) is 11.3. The summed E-state index contributed by atoms with van der Waals surface area (Å²) in [5.41, 5.74) is 2.57. The Kier molecular flexibility index (Phi) is 6.20. The van der Waals surface area contributed by atoms with Gasteiger partial charge in [-0.15, -0.1) is 0 Å². The van der Waals surface area contributed by atoms with E-state index in [1.54, 1.807) is 13.2 Å². The smallest absolute Gasteiger partial charge is 0.151 e. The minimum atomic E-state index is -0.305. The number of fused-ring (bicyclic) bond motifs is 2. The average molecular weight is 452 g/mol. The molecule has 2 aromatic carbocycles. The number of piperidine rings is 1. The van der Waals surface area contributed by atoms with Crippen LogP contribution in [0.25, 0.3) is 21.9 Å². The molecule has 2 aromatic heterocycles. The SMILES string of the molecule is COc1ccc2ncc(F)c(CCN3CCC(NCc4nc5c(F)cccc5[nH]4)CC3)c2c1. The van der Waals surface area contributed by atoms with Gasteiger partial charge in [-0.05, 0) is 62.7 Å². The van der Waals surface area contributed by atoms with Crippen LogP contribution in [0.2, 0.25) is 0 Å². The summed E-state index contributed by atoms with van der Waals surface area (Å²) in [6.07, 6.45) is 3.94. The van der Waals surface area contributed by atoms with Crippen molar-refractivity contribution in [1.29, 1.82) is 0 Å². The van der Waals surface area contributed by atoms with E-state index in [1.165, 1.54) is 12.3 Å². The van der Waals surface area contributed by atoms with Crippen molar-refractivity contribution >= 4 is 21.9 Å². The molecule has 0 atom stereocenters. The number of benzene rings is 2. The van der Waals surface area contributed by atoms with E-state index >= 15 is 0 Å². The predicted octanol–water partition coefficient (Wildman–Crippen LogP) is 4.19. The quantitative estimate of drug-likeness (QED) is 0.441. The van der Waals surface area contributed by atoms with Crippen LogP contribution in [0.15, 0.2) is 42.6 Å². The number of aromatic nitrogens is 3. The first kappa shape index (κ1) is 21.7. The molecule has 0 saturated carbocycles. The van der Waals surface area contributed by atoms with Gasteiger partial charge in [0.1, 0.15) is 22.9 Å². The Morgan fingerprint density at radius 2 is 2.00 bits per heavy atom. The molecule has 5 rings (SSSR count). The van der Waals surface area contributed by atoms with Crippen LogP contribution >= 0.6 is 0 Å². The highest BCUT2D eigenvalue weighted by Gasteiger charge is 2.20. The Bertz CT molecular complexity index is 1270. The van der Waals surface area contributed by atoms with Crippen LogP contribution in [0.4, 0.5) is 8.78 Å². The lowest BCUT2D eigenvalue weighted by Gasteiger charge is -2.32. The fraction of sp³-hybridized carbons (Fsp3) is 0.360. The Balaban J connectivity index is 1.15. The fourth-order valence-electron chi connectivity index (χ4n) is 4.59. The molecule has 0 aliphatic carbocycles. The number of para-hydroxylation sites is 1. The van der Waals surface area contributed by atoms with E-state index < -0.39 is 0 Å². The van der Waals surface area contributed by atoms with Crippen LogP contribution in [0.1, 0.15) is 24.2 Å². The normalized spacial score (nSPS) is 15.5. The molecular weight excluding hydrogens is 424 g/mol. The third-order valence-electron chi connectivity index (χ3n) is 6.47. The number of methoxy groups -OCH3 is 1. The molecule has 1 aliphatic rings. The molecule has 0 amide bonds. The second-order valence-electron chi connectivity index (χ2n) is 8.53. The van der Waals surface area contributed by atoms with Gasteiger partial charge in [-0.1, -0.05) is 6.07 Å². The molecule has 33 heavy (non-hydrogen) atoms. The third-order valence-corrected chi connectivity index (χ3v) is 6.47. The van der Waals surface area contributed by atoms with Crippen LogP contribution in [0, 0.1) is 11.6 Å². The highest BCUT2D eigenvalue weighted by Crippen LogP contribution is 2.25. The molecule has 172 valence electrons. The summed E-state index contributed by atoms with van der Waals surface area (Å²) in [6, 6.07) is 10.9. The topological polar surface area (TPSA) is 66.1 Å². The highest BCUT2D eigenvalue weighted by molar-refractivity contribution is 5.83. The number of H-pyrrole nitrogens is 1. The number of halogens is 2. The van der Waals surface area contributed by atoms with E-state index in [0.717, 1.165) is 54.7 Å². The zero-order valence-electron chi connectivity index (χ0n) is 18.6. The number of aromatic amines is 1. The van der Waals surface area contributed by atoms with Crippen molar-refractivity contribution in [3.8, 4) is 5.75 Å². The van der Waals surface area contributed by atoms with E-state index in [4.69, 9.17) is 4.74 Å². The molecule has 6 nitrogen and oxygen atoms in total. The van der Waals surface area contributed by atoms with Gasteiger partial charge in [-0.2, -0.15) is 0 Å². The molecule has 2 N–H and O–H groups in total. The molecule has 0 radical (unpaired) electrons. The van der Waals surface area contributed by atoms with E-state index in [9.17, 15) is 8.78 Å². The van der Waals surface area contributed by atoms with Gasteiger partial charge in [0.15, 0.2) is 5.82 Å². The molecule has 1 aliphatic heterocycles. The molecule has 0 unspecified atom stereocenters. The molecular formula is C25H27F2N5O. The van der Waals surface area contributed by atoms with Crippen molar-refractivity contribution in [1.82, 2.24) is 25.2 Å². The van der Waals surface area contributed by atoms with Crippen LogP contribution in [-0.2, 0) is 13.0 Å². The summed E-state index contributed by atoms with van der Waals surface area (Å²) in [5, 5.41) is 4.35. The minimum absolute atomic E-state index is 0.269. The van der Waals surface area contributed by atoms with Crippen molar-refractivity contribution in [2.75, 3.05) is 26.7 Å². The molecule has 0 spiro atoms. The number of nitrogens with one attached hydrogen (secondary N) is 2. The lowest BCUT2D eigenvalue weighted by Crippen LogP contribution is -2.43. The molecule has 1 fully saturated rings. The Morgan fingerprint density at radius 3 is 2.79 bits per heavy atom. The molecule has 3 heterocycles. The van der Waals surface area contributed by atoms with Crippen molar-refractivity contribution < 1.29 is 13.5 Å². The number of hydrogen-bond donors (Lipinski definition) is 2. The van der Waals surface area contributed by atoms with Crippen LogP contribution in [0.3, 0.4) is 0 Å².